The fourth-order valence-corrected chi connectivity index (χ4v) is 3.27. The van der Waals surface area contributed by atoms with Crippen molar-refractivity contribution in [3.63, 3.8) is 0 Å². The van der Waals surface area contributed by atoms with Gasteiger partial charge in [0.2, 0.25) is 0 Å². The van der Waals surface area contributed by atoms with Crippen molar-refractivity contribution < 1.29 is 28.9 Å². The van der Waals surface area contributed by atoms with Crippen LogP contribution < -0.4 is 10.1 Å². The number of aliphatic carboxylic acids is 1. The van der Waals surface area contributed by atoms with E-state index in [-0.39, 0.29) is 17.7 Å². The van der Waals surface area contributed by atoms with Gasteiger partial charge < -0.3 is 20.3 Å². The third kappa shape index (κ3) is 3.95. The number of nitrogens with one attached hydrogen (secondary N) is 1. The molecule has 1 aliphatic rings. The van der Waals surface area contributed by atoms with Gasteiger partial charge in [-0.2, -0.15) is 5.26 Å². The Hall–Kier alpha value is -3.70. The van der Waals surface area contributed by atoms with Crippen molar-refractivity contribution in [1.29, 1.82) is 5.26 Å². The first kappa shape index (κ1) is 20.0. The fraction of sp³-hybridized carbons (Fsp3) is 0.190. The molecule has 0 fully saturated rings. The first-order valence-electron chi connectivity index (χ1n) is 8.66. The molecule has 8 heteroatoms. The van der Waals surface area contributed by atoms with Crippen molar-refractivity contribution in [3.05, 3.63) is 59.4 Å². The summed E-state index contributed by atoms with van der Waals surface area (Å²) < 4.78 is 19.7. The fourth-order valence-electron chi connectivity index (χ4n) is 3.27. The Kier molecular flexibility index (Phi) is 5.61. The molecule has 2 aromatic rings. The number of amides is 1. The molecule has 0 saturated heterocycles. The van der Waals surface area contributed by atoms with Gasteiger partial charge in [-0.15, -0.1) is 0 Å². The van der Waals surface area contributed by atoms with E-state index in [0.717, 1.165) is 0 Å². The normalized spacial score (nSPS) is 18.3. The molecule has 29 heavy (non-hydrogen) atoms. The number of aliphatic hydroxyl groups excluding tert-OH is 1. The first-order valence-corrected chi connectivity index (χ1v) is 8.66. The van der Waals surface area contributed by atoms with Gasteiger partial charge in [0.15, 0.2) is 0 Å². The van der Waals surface area contributed by atoms with Crippen LogP contribution >= 0.6 is 0 Å². The van der Waals surface area contributed by atoms with E-state index < -0.39 is 35.3 Å². The molecule has 148 valence electrons. The molecule has 3 N–H and O–H groups in total. The average Bonchev–Trinajstić information content (AvgIpc) is 3.06. The van der Waals surface area contributed by atoms with Gasteiger partial charge in [0, 0.05) is 5.57 Å². The van der Waals surface area contributed by atoms with E-state index in [2.05, 4.69) is 5.32 Å². The van der Waals surface area contributed by atoms with E-state index in [1.54, 1.807) is 36.4 Å². The number of benzene rings is 2. The zero-order valence-electron chi connectivity index (χ0n) is 15.3. The molecule has 0 bridgehead atoms. The monoisotopic (exact) mass is 396 g/mol. The molecular formula is C21H17FN2O5. The summed E-state index contributed by atoms with van der Waals surface area (Å²) in [5.41, 5.74) is 0.194. The number of anilines is 1. The van der Waals surface area contributed by atoms with Gasteiger partial charge >= 0.3 is 5.97 Å². The van der Waals surface area contributed by atoms with Gasteiger partial charge in [-0.05, 0) is 41.8 Å². The predicted octanol–water partition coefficient (Wildman–Crippen LogP) is 2.73. The molecule has 7 nitrogen and oxygen atoms in total. The van der Waals surface area contributed by atoms with Crippen molar-refractivity contribution in [3.8, 4) is 22.9 Å². The van der Waals surface area contributed by atoms with E-state index in [1.165, 1.54) is 19.2 Å². The van der Waals surface area contributed by atoms with Crippen molar-refractivity contribution in [1.82, 2.24) is 0 Å². The summed E-state index contributed by atoms with van der Waals surface area (Å²) in [6.07, 6.45) is -1.63. The van der Waals surface area contributed by atoms with Gasteiger partial charge in [0.05, 0.1) is 36.5 Å². The summed E-state index contributed by atoms with van der Waals surface area (Å²) in [6.45, 7) is 0. The second kappa shape index (κ2) is 8.12. The number of aliphatic hydroxyl groups is 1. The zero-order chi connectivity index (χ0) is 21.1. The quantitative estimate of drug-likeness (QED) is 0.715. The van der Waals surface area contributed by atoms with Crippen molar-refractivity contribution in [2.24, 2.45) is 5.92 Å². The van der Waals surface area contributed by atoms with Crippen LogP contribution in [0.5, 0.6) is 5.75 Å². The number of carboxylic acids is 1. The van der Waals surface area contributed by atoms with Gasteiger partial charge in [0.25, 0.3) is 5.91 Å². The van der Waals surface area contributed by atoms with Crippen molar-refractivity contribution >= 4 is 17.6 Å². The number of carbonyl (C=O) groups excluding carboxylic acids is 1. The van der Waals surface area contributed by atoms with Gasteiger partial charge in [-0.3, -0.25) is 4.79 Å². The van der Waals surface area contributed by atoms with Crippen LogP contribution in [0.1, 0.15) is 6.42 Å². The van der Waals surface area contributed by atoms with Crippen LogP contribution in [0.15, 0.2) is 53.6 Å². The maximum absolute atomic E-state index is 14.6. The second-order valence-corrected chi connectivity index (χ2v) is 6.45. The lowest BCUT2D eigenvalue weighted by Crippen LogP contribution is -2.21. The summed E-state index contributed by atoms with van der Waals surface area (Å²) in [4.78, 5) is 23.9. The van der Waals surface area contributed by atoms with Crippen LogP contribution in [0, 0.1) is 23.1 Å². The number of halogens is 1. The van der Waals surface area contributed by atoms with Crippen LogP contribution in [0.4, 0.5) is 10.1 Å². The van der Waals surface area contributed by atoms with E-state index in [4.69, 9.17) is 4.74 Å². The topological polar surface area (TPSA) is 120 Å². The largest absolute Gasteiger partial charge is 0.497 e. The number of carbonyl (C=O) groups is 2. The third-order valence-electron chi connectivity index (χ3n) is 4.68. The third-order valence-corrected chi connectivity index (χ3v) is 4.68. The highest BCUT2D eigenvalue weighted by Gasteiger charge is 2.40. The van der Waals surface area contributed by atoms with E-state index in [9.17, 15) is 29.5 Å². The smallest absolute Gasteiger partial charge is 0.334 e. The molecule has 1 amide bonds. The van der Waals surface area contributed by atoms with Crippen molar-refractivity contribution in [2.75, 3.05) is 12.4 Å². The molecule has 0 aromatic heterocycles. The maximum atomic E-state index is 14.6. The van der Waals surface area contributed by atoms with Gasteiger partial charge in [0.1, 0.15) is 11.6 Å². The van der Waals surface area contributed by atoms with Crippen LogP contribution in [0.2, 0.25) is 0 Å². The Morgan fingerprint density at radius 2 is 1.93 bits per heavy atom. The van der Waals surface area contributed by atoms with E-state index in [1.807, 2.05) is 0 Å². The SMILES string of the molecule is COc1cccc(-c2ccc(NC(=O)C3=C(C(=O)O)C(O)CC3C#N)c(F)c2)c1. The minimum absolute atomic E-state index is 0.169. The molecule has 2 unspecified atom stereocenters. The van der Waals surface area contributed by atoms with Gasteiger partial charge in [-0.25, -0.2) is 9.18 Å². The summed E-state index contributed by atoms with van der Waals surface area (Å²) in [7, 11) is 1.52. The lowest BCUT2D eigenvalue weighted by atomic mass is 10.0. The number of hydrogen-bond donors (Lipinski definition) is 3. The molecule has 0 aliphatic heterocycles. The Bertz CT molecular complexity index is 1060. The first-order chi connectivity index (χ1) is 13.8. The van der Waals surface area contributed by atoms with Crippen LogP contribution in [0.25, 0.3) is 11.1 Å². The highest BCUT2D eigenvalue weighted by molar-refractivity contribution is 6.10. The molecule has 0 radical (unpaired) electrons. The molecule has 0 saturated carbocycles. The highest BCUT2D eigenvalue weighted by Crippen LogP contribution is 2.34. The van der Waals surface area contributed by atoms with Crippen LogP contribution in [-0.2, 0) is 9.59 Å². The minimum Gasteiger partial charge on any atom is -0.497 e. The molecule has 3 rings (SSSR count). The number of carboxylic acid groups (broad SMARTS) is 1. The van der Waals surface area contributed by atoms with E-state index in [0.29, 0.717) is 16.9 Å². The molecular weight excluding hydrogens is 379 g/mol. The van der Waals surface area contributed by atoms with Crippen molar-refractivity contribution in [2.45, 2.75) is 12.5 Å². The number of nitriles is 1. The molecule has 1 aliphatic carbocycles. The lowest BCUT2D eigenvalue weighted by molar-refractivity contribution is -0.134. The number of rotatable bonds is 5. The Morgan fingerprint density at radius 1 is 1.21 bits per heavy atom. The summed E-state index contributed by atoms with van der Waals surface area (Å²) in [5.74, 6) is -3.64. The number of ether oxygens (including phenoxy) is 1. The Labute approximate surface area is 165 Å². The molecule has 0 heterocycles. The number of nitrogens with zero attached hydrogens (tertiary/aromatic N) is 1. The lowest BCUT2D eigenvalue weighted by Gasteiger charge is -2.12. The maximum Gasteiger partial charge on any atom is 0.334 e. The highest BCUT2D eigenvalue weighted by atomic mass is 19.1. The summed E-state index contributed by atoms with van der Waals surface area (Å²) >= 11 is 0. The van der Waals surface area contributed by atoms with Crippen LogP contribution in [0.3, 0.4) is 0 Å². The number of hydrogen-bond acceptors (Lipinski definition) is 5. The van der Waals surface area contributed by atoms with Crippen LogP contribution in [-0.4, -0.2) is 35.3 Å². The average molecular weight is 396 g/mol. The molecule has 2 aromatic carbocycles. The zero-order valence-corrected chi connectivity index (χ0v) is 15.3. The van der Waals surface area contributed by atoms with Gasteiger partial charge in [-0.1, -0.05) is 18.2 Å². The Morgan fingerprint density at radius 3 is 2.55 bits per heavy atom. The number of methoxy groups -OCH3 is 1. The standard InChI is InChI=1S/C21H17FN2O5/c1-29-14-4-2-3-11(7-14)12-5-6-16(15(22)8-12)24-20(26)18-13(10-23)9-17(25)19(18)21(27)28/h2-8,13,17,25H,9H2,1H3,(H,24,26)(H,27,28). The summed E-state index contributed by atoms with van der Waals surface area (Å²) in [6, 6.07) is 13.0. The Balaban J connectivity index is 1.89. The summed E-state index contributed by atoms with van der Waals surface area (Å²) in [5, 5.41) is 30.6. The van der Waals surface area contributed by atoms with E-state index >= 15 is 0 Å². The molecule has 0 spiro atoms. The molecule has 2 atom stereocenters. The minimum atomic E-state index is -1.49. The second-order valence-electron chi connectivity index (χ2n) is 6.45. The predicted molar refractivity (Wildman–Crippen MR) is 101 cm³/mol.